The number of rotatable bonds is 3. The van der Waals surface area contributed by atoms with Gasteiger partial charge in [-0.05, 0) is 64.3 Å². The van der Waals surface area contributed by atoms with E-state index in [0.29, 0.717) is 13.1 Å². The van der Waals surface area contributed by atoms with Crippen LogP contribution < -0.4 is 9.64 Å². The van der Waals surface area contributed by atoms with Gasteiger partial charge in [-0.2, -0.15) is 0 Å². The highest BCUT2D eigenvalue weighted by Gasteiger charge is 2.28. The summed E-state index contributed by atoms with van der Waals surface area (Å²) in [5.41, 5.74) is 2.04. The number of nitrogens with zero attached hydrogens (tertiary/aromatic N) is 2. The summed E-state index contributed by atoms with van der Waals surface area (Å²) in [4.78, 5) is 16.4. The molecule has 0 saturated carbocycles. The number of anilines is 1. The Labute approximate surface area is 157 Å². The number of hydrogen-bond acceptors (Lipinski definition) is 4. The molecule has 5 heteroatoms. The van der Waals surface area contributed by atoms with E-state index in [4.69, 9.17) is 9.47 Å². The standard InChI is InChI=1S/C21H32N2O3/c1-16-15-17(22-11-5-6-12-22)7-8-19(16)25-18-9-13-23(14-10-18)20(24)26-21(2,3)4/h7-8,15,18H,5-6,9-14H2,1-4H3. The van der Waals surface area contributed by atoms with Crippen LogP contribution in [0.15, 0.2) is 18.2 Å². The van der Waals surface area contributed by atoms with E-state index in [-0.39, 0.29) is 12.2 Å². The molecule has 0 atom stereocenters. The summed E-state index contributed by atoms with van der Waals surface area (Å²) >= 11 is 0. The molecule has 3 rings (SSSR count). The van der Waals surface area contributed by atoms with E-state index in [2.05, 4.69) is 30.0 Å². The number of piperidine rings is 1. The van der Waals surface area contributed by atoms with Gasteiger partial charge in [-0.1, -0.05) is 0 Å². The van der Waals surface area contributed by atoms with Gasteiger partial charge in [0.2, 0.25) is 0 Å². The smallest absolute Gasteiger partial charge is 0.410 e. The Morgan fingerprint density at radius 1 is 1.08 bits per heavy atom. The summed E-state index contributed by atoms with van der Waals surface area (Å²) < 4.78 is 11.7. The van der Waals surface area contributed by atoms with Gasteiger partial charge in [0.15, 0.2) is 0 Å². The van der Waals surface area contributed by atoms with Crippen LogP contribution in [-0.4, -0.2) is 48.9 Å². The van der Waals surface area contributed by atoms with Gasteiger partial charge >= 0.3 is 6.09 Å². The van der Waals surface area contributed by atoms with Gasteiger partial charge in [0.25, 0.3) is 0 Å². The molecular weight excluding hydrogens is 328 g/mol. The van der Waals surface area contributed by atoms with Gasteiger partial charge in [-0.3, -0.25) is 0 Å². The van der Waals surface area contributed by atoms with Crippen molar-refractivity contribution in [1.29, 1.82) is 0 Å². The summed E-state index contributed by atoms with van der Waals surface area (Å²) in [6.45, 7) is 11.5. The van der Waals surface area contributed by atoms with E-state index in [1.165, 1.54) is 24.1 Å². The molecule has 0 spiro atoms. The fraction of sp³-hybridized carbons (Fsp3) is 0.667. The monoisotopic (exact) mass is 360 g/mol. The van der Waals surface area contributed by atoms with E-state index in [0.717, 1.165) is 31.7 Å². The van der Waals surface area contributed by atoms with Crippen LogP contribution in [0.5, 0.6) is 5.75 Å². The van der Waals surface area contributed by atoms with Crippen molar-refractivity contribution >= 4 is 11.8 Å². The molecule has 2 heterocycles. The number of likely N-dealkylation sites (tertiary alicyclic amines) is 1. The minimum absolute atomic E-state index is 0.157. The molecule has 0 radical (unpaired) electrons. The summed E-state index contributed by atoms with van der Waals surface area (Å²) in [6, 6.07) is 6.50. The van der Waals surface area contributed by atoms with Crippen LogP contribution in [0, 0.1) is 6.92 Å². The summed E-state index contributed by atoms with van der Waals surface area (Å²) in [5, 5.41) is 0. The molecule has 1 aromatic rings. The zero-order valence-corrected chi connectivity index (χ0v) is 16.6. The van der Waals surface area contributed by atoms with Crippen molar-refractivity contribution in [2.24, 2.45) is 0 Å². The second-order valence-electron chi connectivity index (χ2n) is 8.43. The third-order valence-electron chi connectivity index (χ3n) is 5.02. The highest BCUT2D eigenvalue weighted by molar-refractivity contribution is 5.68. The average Bonchev–Trinajstić information content (AvgIpc) is 3.10. The number of hydrogen-bond donors (Lipinski definition) is 0. The molecule has 0 aromatic heterocycles. The minimum atomic E-state index is -0.446. The lowest BCUT2D eigenvalue weighted by Crippen LogP contribution is -2.44. The molecule has 2 saturated heterocycles. The minimum Gasteiger partial charge on any atom is -0.490 e. The lowest BCUT2D eigenvalue weighted by Gasteiger charge is -2.33. The van der Waals surface area contributed by atoms with Crippen LogP contribution in [0.2, 0.25) is 0 Å². The van der Waals surface area contributed by atoms with E-state index >= 15 is 0 Å². The van der Waals surface area contributed by atoms with Gasteiger partial charge in [0.1, 0.15) is 17.5 Å². The lowest BCUT2D eigenvalue weighted by atomic mass is 10.1. The second-order valence-corrected chi connectivity index (χ2v) is 8.43. The van der Waals surface area contributed by atoms with E-state index < -0.39 is 5.60 Å². The lowest BCUT2D eigenvalue weighted by molar-refractivity contribution is 0.0126. The average molecular weight is 360 g/mol. The van der Waals surface area contributed by atoms with Gasteiger partial charge in [-0.15, -0.1) is 0 Å². The zero-order chi connectivity index (χ0) is 18.7. The van der Waals surface area contributed by atoms with Crippen molar-refractivity contribution in [3.05, 3.63) is 23.8 Å². The van der Waals surface area contributed by atoms with Crippen molar-refractivity contribution in [3.8, 4) is 5.75 Å². The first-order valence-corrected chi connectivity index (χ1v) is 9.82. The predicted octanol–water partition coefficient (Wildman–Crippen LogP) is 4.37. The fourth-order valence-corrected chi connectivity index (χ4v) is 3.60. The van der Waals surface area contributed by atoms with Gasteiger partial charge in [0, 0.05) is 44.7 Å². The SMILES string of the molecule is Cc1cc(N2CCCC2)ccc1OC1CCN(C(=O)OC(C)(C)C)CC1. The molecule has 0 N–H and O–H groups in total. The Morgan fingerprint density at radius 2 is 1.73 bits per heavy atom. The number of aryl methyl sites for hydroxylation is 1. The Balaban J connectivity index is 1.52. The Kier molecular flexibility index (Phi) is 5.64. The van der Waals surface area contributed by atoms with E-state index in [9.17, 15) is 4.79 Å². The molecule has 2 aliphatic heterocycles. The van der Waals surface area contributed by atoms with Crippen molar-refractivity contribution in [3.63, 3.8) is 0 Å². The number of carbonyl (C=O) groups excluding carboxylic acids is 1. The number of amides is 1. The fourth-order valence-electron chi connectivity index (χ4n) is 3.60. The molecule has 26 heavy (non-hydrogen) atoms. The molecule has 144 valence electrons. The van der Waals surface area contributed by atoms with Crippen LogP contribution in [0.3, 0.4) is 0 Å². The molecule has 5 nitrogen and oxygen atoms in total. The van der Waals surface area contributed by atoms with Crippen LogP contribution in [0.1, 0.15) is 52.0 Å². The summed E-state index contributed by atoms with van der Waals surface area (Å²) in [5.74, 6) is 0.962. The van der Waals surface area contributed by atoms with Crippen LogP contribution >= 0.6 is 0 Å². The largest absolute Gasteiger partial charge is 0.490 e. The molecule has 1 amide bonds. The molecule has 2 fully saturated rings. The van der Waals surface area contributed by atoms with Crippen LogP contribution in [0.25, 0.3) is 0 Å². The van der Waals surface area contributed by atoms with Gasteiger partial charge < -0.3 is 19.3 Å². The van der Waals surface area contributed by atoms with Crippen molar-refractivity contribution in [2.45, 2.75) is 65.1 Å². The third kappa shape index (κ3) is 4.83. The first kappa shape index (κ1) is 18.9. The van der Waals surface area contributed by atoms with Crippen molar-refractivity contribution in [2.75, 3.05) is 31.1 Å². The highest BCUT2D eigenvalue weighted by atomic mass is 16.6. The van der Waals surface area contributed by atoms with Crippen LogP contribution in [-0.2, 0) is 4.74 Å². The van der Waals surface area contributed by atoms with E-state index in [1.807, 2.05) is 20.8 Å². The summed E-state index contributed by atoms with van der Waals surface area (Å²) in [6.07, 6.45) is 4.19. The number of ether oxygens (including phenoxy) is 2. The maximum Gasteiger partial charge on any atom is 0.410 e. The molecule has 0 bridgehead atoms. The maximum atomic E-state index is 12.2. The molecule has 0 unspecified atom stereocenters. The Hall–Kier alpha value is -1.91. The topological polar surface area (TPSA) is 42.0 Å². The number of benzene rings is 1. The second kappa shape index (κ2) is 7.77. The normalized spacial score (nSPS) is 18.9. The highest BCUT2D eigenvalue weighted by Crippen LogP contribution is 2.29. The quantitative estimate of drug-likeness (QED) is 0.802. The van der Waals surface area contributed by atoms with Crippen molar-refractivity contribution in [1.82, 2.24) is 4.90 Å². The Bertz CT molecular complexity index is 625. The van der Waals surface area contributed by atoms with E-state index in [1.54, 1.807) is 4.90 Å². The Morgan fingerprint density at radius 3 is 2.31 bits per heavy atom. The van der Waals surface area contributed by atoms with Crippen LogP contribution in [0.4, 0.5) is 10.5 Å². The molecular formula is C21H32N2O3. The molecule has 2 aliphatic rings. The van der Waals surface area contributed by atoms with Crippen molar-refractivity contribution < 1.29 is 14.3 Å². The maximum absolute atomic E-state index is 12.2. The molecule has 1 aromatic carbocycles. The summed E-state index contributed by atoms with van der Waals surface area (Å²) in [7, 11) is 0. The first-order chi connectivity index (χ1) is 12.3. The zero-order valence-electron chi connectivity index (χ0n) is 16.6. The number of carbonyl (C=O) groups is 1. The van der Waals surface area contributed by atoms with Gasteiger partial charge in [-0.25, -0.2) is 4.79 Å². The predicted molar refractivity (Wildman–Crippen MR) is 104 cm³/mol. The first-order valence-electron chi connectivity index (χ1n) is 9.82. The van der Waals surface area contributed by atoms with Gasteiger partial charge in [0.05, 0.1) is 0 Å². The molecule has 0 aliphatic carbocycles. The third-order valence-corrected chi connectivity index (χ3v) is 5.02.